The van der Waals surface area contributed by atoms with Crippen molar-refractivity contribution in [1.29, 1.82) is 0 Å². The maximum atomic E-state index is 13.5. The van der Waals surface area contributed by atoms with Crippen LogP contribution in [0, 0.1) is 11.7 Å². The third-order valence-corrected chi connectivity index (χ3v) is 4.24. The largest absolute Gasteiger partial charge is 0.393 e. The van der Waals surface area contributed by atoms with Gasteiger partial charge in [0.05, 0.1) is 6.10 Å². The molecule has 110 valence electrons. The maximum Gasteiger partial charge on any atom is 0.133 e. The highest BCUT2D eigenvalue weighted by Crippen LogP contribution is 2.22. The predicted octanol–water partition coefficient (Wildman–Crippen LogP) is 2.05. The molecule has 0 spiro atoms. The zero-order valence-electron chi connectivity index (χ0n) is 11.7. The fourth-order valence-corrected chi connectivity index (χ4v) is 2.87. The minimum absolute atomic E-state index is 0.0946. The lowest BCUT2D eigenvalue weighted by molar-refractivity contribution is 0.0695. The topological polar surface area (TPSA) is 49.5 Å². The molecule has 3 N–H and O–H groups in total. The van der Waals surface area contributed by atoms with E-state index in [1.165, 1.54) is 6.07 Å². The summed E-state index contributed by atoms with van der Waals surface area (Å²) in [7, 11) is 0. The van der Waals surface area contributed by atoms with Crippen LogP contribution in [0.25, 0.3) is 0 Å². The Bertz CT molecular complexity index is 485. The molecule has 1 aromatic carbocycles. The smallest absolute Gasteiger partial charge is 0.133 e. The second-order valence-corrected chi connectivity index (χ2v) is 5.97. The standard InChI is InChI=1S/C15H21FN2OS/c1-10(19)12-4-6-18(7-5-12)9-11-2-3-14(16)13(8-11)15(17)20/h2-3,8,10,12,19H,4-7,9H2,1H3,(H2,17,20). The lowest BCUT2D eigenvalue weighted by Crippen LogP contribution is -2.36. The molecule has 5 heteroatoms. The summed E-state index contributed by atoms with van der Waals surface area (Å²) in [4.78, 5) is 2.41. The highest BCUT2D eigenvalue weighted by atomic mass is 32.1. The molecular formula is C15H21FN2OS. The van der Waals surface area contributed by atoms with Crippen molar-refractivity contribution in [2.45, 2.75) is 32.4 Å². The minimum atomic E-state index is -0.367. The molecule has 1 unspecified atom stereocenters. The summed E-state index contributed by atoms with van der Waals surface area (Å²) < 4.78 is 13.5. The number of aliphatic hydroxyl groups is 1. The molecule has 1 heterocycles. The molecule has 0 aromatic heterocycles. The zero-order valence-corrected chi connectivity index (χ0v) is 12.5. The Balaban J connectivity index is 1.98. The Labute approximate surface area is 124 Å². The van der Waals surface area contributed by atoms with Gasteiger partial charge < -0.3 is 10.8 Å². The first-order chi connectivity index (χ1) is 9.47. The number of rotatable bonds is 4. The highest BCUT2D eigenvalue weighted by molar-refractivity contribution is 7.80. The van der Waals surface area contributed by atoms with Gasteiger partial charge in [-0.1, -0.05) is 18.3 Å². The number of piperidine rings is 1. The quantitative estimate of drug-likeness (QED) is 0.835. The summed E-state index contributed by atoms with van der Waals surface area (Å²) >= 11 is 4.85. The van der Waals surface area contributed by atoms with Crippen molar-refractivity contribution < 1.29 is 9.50 Å². The Hall–Kier alpha value is -1.04. The first kappa shape index (κ1) is 15.4. The van der Waals surface area contributed by atoms with Crippen LogP contribution in [-0.4, -0.2) is 34.2 Å². The SMILES string of the molecule is CC(O)C1CCN(Cc2ccc(F)c(C(N)=S)c2)CC1. The summed E-state index contributed by atoms with van der Waals surface area (Å²) in [6.45, 7) is 4.53. The second kappa shape index (κ2) is 6.61. The van der Waals surface area contributed by atoms with E-state index in [0.717, 1.165) is 38.0 Å². The van der Waals surface area contributed by atoms with Crippen LogP contribution in [-0.2, 0) is 6.54 Å². The van der Waals surface area contributed by atoms with Crippen molar-refractivity contribution in [2.24, 2.45) is 11.7 Å². The third kappa shape index (κ3) is 3.75. The van der Waals surface area contributed by atoms with Crippen LogP contribution >= 0.6 is 12.2 Å². The van der Waals surface area contributed by atoms with Gasteiger partial charge in [-0.3, -0.25) is 4.90 Å². The number of aliphatic hydroxyl groups excluding tert-OH is 1. The monoisotopic (exact) mass is 296 g/mol. The maximum absolute atomic E-state index is 13.5. The van der Waals surface area contributed by atoms with Gasteiger partial charge in [-0.15, -0.1) is 0 Å². The Morgan fingerprint density at radius 3 is 2.70 bits per heavy atom. The first-order valence-electron chi connectivity index (χ1n) is 6.96. The molecule has 0 amide bonds. The predicted molar refractivity (Wildman–Crippen MR) is 82.0 cm³/mol. The first-order valence-corrected chi connectivity index (χ1v) is 7.37. The van der Waals surface area contributed by atoms with E-state index < -0.39 is 0 Å². The summed E-state index contributed by atoms with van der Waals surface area (Å²) in [5.41, 5.74) is 6.85. The van der Waals surface area contributed by atoms with Gasteiger partial charge in [0.1, 0.15) is 10.8 Å². The number of halogens is 1. The van der Waals surface area contributed by atoms with Gasteiger partial charge in [0.15, 0.2) is 0 Å². The van der Waals surface area contributed by atoms with Crippen LogP contribution in [0.3, 0.4) is 0 Å². The number of nitrogens with zero attached hydrogens (tertiary/aromatic N) is 1. The minimum Gasteiger partial charge on any atom is -0.393 e. The van der Waals surface area contributed by atoms with Gasteiger partial charge in [-0.05, 0) is 56.5 Å². The molecule has 1 aliphatic rings. The number of likely N-dealkylation sites (tertiary alicyclic amines) is 1. The van der Waals surface area contributed by atoms with Gasteiger partial charge in [-0.25, -0.2) is 4.39 Å². The van der Waals surface area contributed by atoms with E-state index in [4.69, 9.17) is 18.0 Å². The van der Waals surface area contributed by atoms with Crippen LogP contribution < -0.4 is 5.73 Å². The lowest BCUT2D eigenvalue weighted by atomic mass is 9.92. The number of hydrogen-bond acceptors (Lipinski definition) is 3. The summed E-state index contributed by atoms with van der Waals surface area (Å²) in [5, 5.41) is 9.59. The molecule has 0 saturated carbocycles. The molecule has 0 bridgehead atoms. The Morgan fingerprint density at radius 1 is 1.50 bits per heavy atom. The van der Waals surface area contributed by atoms with E-state index in [1.54, 1.807) is 12.1 Å². The van der Waals surface area contributed by atoms with Gasteiger partial charge in [0, 0.05) is 12.1 Å². The van der Waals surface area contributed by atoms with E-state index >= 15 is 0 Å². The van der Waals surface area contributed by atoms with Gasteiger partial charge in [-0.2, -0.15) is 0 Å². The molecule has 20 heavy (non-hydrogen) atoms. The summed E-state index contributed by atoms with van der Waals surface area (Å²) in [6.07, 6.45) is 1.77. The molecule has 0 aliphatic carbocycles. The fourth-order valence-electron chi connectivity index (χ4n) is 2.71. The van der Waals surface area contributed by atoms with E-state index in [-0.39, 0.29) is 16.9 Å². The molecule has 2 rings (SSSR count). The zero-order chi connectivity index (χ0) is 14.7. The average molecular weight is 296 g/mol. The number of benzene rings is 1. The molecule has 1 saturated heterocycles. The van der Waals surface area contributed by atoms with E-state index in [1.807, 2.05) is 6.92 Å². The summed E-state index contributed by atoms with van der Waals surface area (Å²) in [6, 6.07) is 4.93. The number of thiocarbonyl (C=S) groups is 1. The molecule has 3 nitrogen and oxygen atoms in total. The van der Waals surface area contributed by atoms with Crippen molar-refractivity contribution in [2.75, 3.05) is 13.1 Å². The van der Waals surface area contributed by atoms with Crippen LogP contribution in [0.15, 0.2) is 18.2 Å². The molecule has 1 fully saturated rings. The fraction of sp³-hybridized carbons (Fsp3) is 0.533. The second-order valence-electron chi connectivity index (χ2n) is 5.53. The molecule has 1 aliphatic heterocycles. The van der Waals surface area contributed by atoms with Crippen molar-refractivity contribution in [3.05, 3.63) is 35.1 Å². The molecular weight excluding hydrogens is 275 g/mol. The van der Waals surface area contributed by atoms with Gasteiger partial charge in [0.2, 0.25) is 0 Å². The van der Waals surface area contributed by atoms with Gasteiger partial charge in [0.25, 0.3) is 0 Å². The van der Waals surface area contributed by atoms with Crippen molar-refractivity contribution in [3.63, 3.8) is 0 Å². The van der Waals surface area contributed by atoms with Crippen LogP contribution in [0.5, 0.6) is 0 Å². The van der Waals surface area contributed by atoms with E-state index in [0.29, 0.717) is 11.5 Å². The van der Waals surface area contributed by atoms with Crippen molar-refractivity contribution >= 4 is 17.2 Å². The van der Waals surface area contributed by atoms with Crippen molar-refractivity contribution in [3.8, 4) is 0 Å². The molecule has 0 radical (unpaired) electrons. The number of hydrogen-bond donors (Lipinski definition) is 2. The Morgan fingerprint density at radius 2 is 2.15 bits per heavy atom. The summed E-state index contributed by atoms with van der Waals surface area (Å²) in [5.74, 6) is 0.0284. The van der Waals surface area contributed by atoms with Crippen LogP contribution in [0.4, 0.5) is 4.39 Å². The lowest BCUT2D eigenvalue weighted by Gasteiger charge is -2.33. The van der Waals surface area contributed by atoms with E-state index in [2.05, 4.69) is 4.90 Å². The Kier molecular flexibility index (Phi) is 5.07. The van der Waals surface area contributed by atoms with Gasteiger partial charge >= 0.3 is 0 Å². The molecule has 1 aromatic rings. The van der Waals surface area contributed by atoms with Crippen molar-refractivity contribution in [1.82, 2.24) is 4.90 Å². The average Bonchev–Trinajstić information content (AvgIpc) is 2.41. The third-order valence-electron chi connectivity index (χ3n) is 4.02. The normalized spacial score (nSPS) is 18.9. The molecule has 1 atom stereocenters. The van der Waals surface area contributed by atoms with E-state index in [9.17, 15) is 9.50 Å². The highest BCUT2D eigenvalue weighted by Gasteiger charge is 2.22. The van der Waals surface area contributed by atoms with Crippen LogP contribution in [0.1, 0.15) is 30.9 Å². The number of nitrogens with two attached hydrogens (primary N) is 1. The van der Waals surface area contributed by atoms with Crippen LogP contribution in [0.2, 0.25) is 0 Å².